The number of H-pyrrole nitrogens is 1. The molecule has 3 nitrogen and oxygen atoms in total. The smallest absolute Gasteiger partial charge is 0.0900 e. The largest absolute Gasteiger partial charge is 0.396 e. The molecule has 0 bridgehead atoms. The molecule has 0 atom stereocenters. The molecule has 0 aliphatic rings. The molecule has 2 aromatic heterocycles. The molecule has 0 spiro atoms. The van der Waals surface area contributed by atoms with Crippen molar-refractivity contribution in [2.24, 2.45) is 0 Å². The Morgan fingerprint density at radius 1 is 1.55 bits per heavy atom. The zero-order chi connectivity index (χ0) is 7.84. The first-order valence-electron chi connectivity index (χ1n) is 3.16. The number of hydrogen-bond acceptors (Lipinski definition) is 2. The summed E-state index contributed by atoms with van der Waals surface area (Å²) in [6.07, 6.45) is 3.52. The number of nitrogens with two attached hydrogens (primary N) is 1. The molecule has 0 fully saturated rings. The van der Waals surface area contributed by atoms with E-state index in [2.05, 4.69) is 25.9 Å². The van der Waals surface area contributed by atoms with Crippen LogP contribution in [0.4, 0.5) is 5.69 Å². The molecule has 0 saturated carbocycles. The molecule has 0 unspecified atom stereocenters. The van der Waals surface area contributed by atoms with Gasteiger partial charge in [0.1, 0.15) is 0 Å². The second-order valence-corrected chi connectivity index (χ2v) is 3.11. The molecule has 0 aromatic carbocycles. The van der Waals surface area contributed by atoms with Crippen LogP contribution in [0.15, 0.2) is 22.9 Å². The van der Waals surface area contributed by atoms with Crippen molar-refractivity contribution in [2.45, 2.75) is 0 Å². The summed E-state index contributed by atoms with van der Waals surface area (Å²) in [6, 6.07) is 1.89. The number of fused-ring (bicyclic) bond motifs is 1. The van der Waals surface area contributed by atoms with Gasteiger partial charge in [0.15, 0.2) is 0 Å². The molecule has 2 heterocycles. The fourth-order valence-corrected chi connectivity index (χ4v) is 1.30. The number of anilines is 1. The van der Waals surface area contributed by atoms with Crippen molar-refractivity contribution in [3.05, 3.63) is 22.9 Å². The van der Waals surface area contributed by atoms with Crippen LogP contribution in [0.1, 0.15) is 0 Å². The van der Waals surface area contributed by atoms with Gasteiger partial charge in [-0.3, -0.25) is 4.98 Å². The van der Waals surface area contributed by atoms with Crippen LogP contribution in [-0.4, -0.2) is 9.97 Å². The normalized spacial score (nSPS) is 10.6. The molecule has 0 radical (unpaired) electrons. The van der Waals surface area contributed by atoms with E-state index in [1.54, 1.807) is 6.20 Å². The average molecular weight is 212 g/mol. The number of halogens is 1. The number of nitrogen functional groups attached to an aromatic ring is 1. The standard InChI is InChI=1S/C7H6BrN3/c8-4-3-11-5-1-2-10-7(5)6(4)9/h1-3,10H,(H2,9,11). The summed E-state index contributed by atoms with van der Waals surface area (Å²) in [7, 11) is 0. The van der Waals surface area contributed by atoms with Gasteiger partial charge in [0.2, 0.25) is 0 Å². The lowest BCUT2D eigenvalue weighted by Gasteiger charge is -1.97. The van der Waals surface area contributed by atoms with Crippen LogP contribution in [0.5, 0.6) is 0 Å². The summed E-state index contributed by atoms with van der Waals surface area (Å²) in [5, 5.41) is 0. The highest BCUT2D eigenvalue weighted by Gasteiger charge is 2.02. The van der Waals surface area contributed by atoms with Crippen molar-refractivity contribution in [3.8, 4) is 0 Å². The molecule has 0 aliphatic heterocycles. The van der Waals surface area contributed by atoms with Gasteiger partial charge in [0, 0.05) is 12.4 Å². The number of nitrogens with zero attached hydrogens (tertiary/aromatic N) is 1. The van der Waals surface area contributed by atoms with Crippen LogP contribution >= 0.6 is 15.9 Å². The summed E-state index contributed by atoms with van der Waals surface area (Å²) in [6.45, 7) is 0. The second-order valence-electron chi connectivity index (χ2n) is 2.26. The third kappa shape index (κ3) is 0.903. The topological polar surface area (TPSA) is 54.7 Å². The molecule has 4 heteroatoms. The van der Waals surface area contributed by atoms with Crippen LogP contribution in [-0.2, 0) is 0 Å². The Labute approximate surface area is 71.7 Å². The first-order chi connectivity index (χ1) is 5.29. The van der Waals surface area contributed by atoms with Crippen LogP contribution in [0.2, 0.25) is 0 Å². The monoisotopic (exact) mass is 211 g/mol. The number of nitrogens with one attached hydrogen (secondary N) is 1. The van der Waals surface area contributed by atoms with Crippen LogP contribution < -0.4 is 5.73 Å². The van der Waals surface area contributed by atoms with E-state index in [1.807, 2.05) is 12.3 Å². The SMILES string of the molecule is Nc1c(Br)cnc2cc[nH]c12. The predicted octanol–water partition coefficient (Wildman–Crippen LogP) is 1.91. The van der Waals surface area contributed by atoms with Gasteiger partial charge in [0.05, 0.1) is 21.2 Å². The van der Waals surface area contributed by atoms with Crippen LogP contribution in [0.25, 0.3) is 11.0 Å². The maximum atomic E-state index is 5.74. The first-order valence-corrected chi connectivity index (χ1v) is 3.95. The van der Waals surface area contributed by atoms with Gasteiger partial charge < -0.3 is 10.7 Å². The van der Waals surface area contributed by atoms with Gasteiger partial charge in [-0.25, -0.2) is 0 Å². The van der Waals surface area contributed by atoms with Crippen LogP contribution in [0, 0.1) is 0 Å². The fraction of sp³-hybridized carbons (Fsp3) is 0. The highest BCUT2D eigenvalue weighted by molar-refractivity contribution is 9.10. The number of aromatic amines is 1. The Bertz CT molecular complexity index is 393. The molecule has 0 aliphatic carbocycles. The minimum absolute atomic E-state index is 0.708. The van der Waals surface area contributed by atoms with Crippen molar-refractivity contribution in [3.63, 3.8) is 0 Å². The van der Waals surface area contributed by atoms with Crippen molar-refractivity contribution >= 4 is 32.7 Å². The predicted molar refractivity (Wildman–Crippen MR) is 48.2 cm³/mol. The first kappa shape index (κ1) is 6.67. The van der Waals surface area contributed by atoms with Gasteiger partial charge in [-0.1, -0.05) is 0 Å². The highest BCUT2D eigenvalue weighted by Crippen LogP contribution is 2.24. The minimum Gasteiger partial charge on any atom is -0.396 e. The summed E-state index contributed by atoms with van der Waals surface area (Å²) in [4.78, 5) is 7.15. The molecule has 2 aromatic rings. The van der Waals surface area contributed by atoms with Crippen molar-refractivity contribution in [1.29, 1.82) is 0 Å². The molecule has 0 amide bonds. The van der Waals surface area contributed by atoms with Crippen molar-refractivity contribution in [2.75, 3.05) is 5.73 Å². The maximum absolute atomic E-state index is 5.74. The molecule has 2 rings (SSSR count). The highest BCUT2D eigenvalue weighted by atomic mass is 79.9. The molecule has 11 heavy (non-hydrogen) atoms. The molecular weight excluding hydrogens is 206 g/mol. The number of pyridine rings is 1. The van der Waals surface area contributed by atoms with Gasteiger partial charge in [-0.2, -0.15) is 0 Å². The Hall–Kier alpha value is -1.03. The quantitative estimate of drug-likeness (QED) is 0.700. The Balaban J connectivity index is 2.93. The third-order valence-electron chi connectivity index (χ3n) is 1.57. The van der Waals surface area contributed by atoms with E-state index in [0.29, 0.717) is 5.69 Å². The maximum Gasteiger partial charge on any atom is 0.0900 e. The molecule has 3 N–H and O–H groups in total. The fourth-order valence-electron chi connectivity index (χ4n) is 1.000. The van der Waals surface area contributed by atoms with Crippen molar-refractivity contribution in [1.82, 2.24) is 9.97 Å². The Kier molecular flexibility index (Phi) is 1.35. The van der Waals surface area contributed by atoms with E-state index in [-0.39, 0.29) is 0 Å². The Morgan fingerprint density at radius 2 is 2.36 bits per heavy atom. The van der Waals surface area contributed by atoms with Gasteiger partial charge in [-0.05, 0) is 22.0 Å². The van der Waals surface area contributed by atoms with E-state index in [9.17, 15) is 0 Å². The summed E-state index contributed by atoms with van der Waals surface area (Å²) < 4.78 is 0.826. The van der Waals surface area contributed by atoms with Gasteiger partial charge in [0.25, 0.3) is 0 Å². The second kappa shape index (κ2) is 2.23. The molecular formula is C7H6BrN3. The summed E-state index contributed by atoms with van der Waals surface area (Å²) in [5.74, 6) is 0. The van der Waals surface area contributed by atoms with E-state index in [0.717, 1.165) is 15.5 Å². The van der Waals surface area contributed by atoms with Crippen LogP contribution in [0.3, 0.4) is 0 Å². The summed E-state index contributed by atoms with van der Waals surface area (Å²) >= 11 is 3.29. The lowest BCUT2D eigenvalue weighted by Crippen LogP contribution is -1.89. The number of aromatic nitrogens is 2. The lowest BCUT2D eigenvalue weighted by atomic mass is 10.3. The summed E-state index contributed by atoms with van der Waals surface area (Å²) in [5.41, 5.74) is 8.24. The zero-order valence-electron chi connectivity index (χ0n) is 5.63. The number of hydrogen-bond donors (Lipinski definition) is 2. The van der Waals surface area contributed by atoms with Crippen molar-refractivity contribution < 1.29 is 0 Å². The van der Waals surface area contributed by atoms with E-state index >= 15 is 0 Å². The number of rotatable bonds is 0. The average Bonchev–Trinajstić information content (AvgIpc) is 2.45. The molecule has 0 saturated heterocycles. The van der Waals surface area contributed by atoms with Gasteiger partial charge in [-0.15, -0.1) is 0 Å². The zero-order valence-corrected chi connectivity index (χ0v) is 7.22. The molecule has 56 valence electrons. The van der Waals surface area contributed by atoms with E-state index in [1.165, 1.54) is 0 Å². The minimum atomic E-state index is 0.708. The lowest BCUT2D eigenvalue weighted by molar-refractivity contribution is 1.39. The van der Waals surface area contributed by atoms with Gasteiger partial charge >= 0.3 is 0 Å². The Morgan fingerprint density at radius 3 is 3.18 bits per heavy atom. The van der Waals surface area contributed by atoms with E-state index in [4.69, 9.17) is 5.73 Å². The van der Waals surface area contributed by atoms with E-state index < -0.39 is 0 Å². The third-order valence-corrected chi connectivity index (χ3v) is 2.20.